The van der Waals surface area contributed by atoms with Crippen LogP contribution >= 0.6 is 0 Å². The first kappa shape index (κ1) is 14.8. The molecule has 112 valence electrons. The standard InChI is InChI=1S/C14H18N4O3/c1-14(2,3)21-13(20)15-8-11(19)18-12-16-9-6-4-5-7-10(9)17-12/h4-7H,8H2,1-3H3,(H,15,20)(H2,16,17,18,19). The van der Waals surface area contributed by atoms with Crippen LogP contribution in [0.1, 0.15) is 20.8 Å². The number of carbonyl (C=O) groups is 2. The lowest BCUT2D eigenvalue weighted by molar-refractivity contribution is -0.115. The monoisotopic (exact) mass is 290 g/mol. The summed E-state index contributed by atoms with van der Waals surface area (Å²) >= 11 is 0. The molecule has 0 saturated heterocycles. The number of anilines is 1. The SMILES string of the molecule is CC(C)(C)OC(=O)NCC(=O)Nc1nc2ccccc2[nH]1. The van der Waals surface area contributed by atoms with Crippen LogP contribution in [0.4, 0.5) is 10.7 Å². The number of aromatic amines is 1. The number of amides is 2. The summed E-state index contributed by atoms with van der Waals surface area (Å²) in [5.74, 6) is -0.0490. The third-order valence-corrected chi connectivity index (χ3v) is 2.44. The van der Waals surface area contributed by atoms with E-state index in [-0.39, 0.29) is 12.5 Å². The smallest absolute Gasteiger partial charge is 0.408 e. The van der Waals surface area contributed by atoms with Gasteiger partial charge in [0.15, 0.2) is 0 Å². The van der Waals surface area contributed by atoms with Gasteiger partial charge in [0.1, 0.15) is 12.1 Å². The number of nitrogens with zero attached hydrogens (tertiary/aromatic N) is 1. The maximum absolute atomic E-state index is 11.7. The zero-order chi connectivity index (χ0) is 15.5. The van der Waals surface area contributed by atoms with Crippen molar-refractivity contribution in [1.82, 2.24) is 15.3 Å². The topological polar surface area (TPSA) is 96.1 Å². The number of rotatable bonds is 3. The third kappa shape index (κ3) is 4.48. The van der Waals surface area contributed by atoms with Gasteiger partial charge in [0.05, 0.1) is 11.0 Å². The summed E-state index contributed by atoms with van der Waals surface area (Å²) in [6.07, 6.45) is -0.637. The Hall–Kier alpha value is -2.57. The fourth-order valence-electron chi connectivity index (χ4n) is 1.65. The number of nitrogens with one attached hydrogen (secondary N) is 3. The van der Waals surface area contributed by atoms with Crippen LogP contribution in [0, 0.1) is 0 Å². The zero-order valence-electron chi connectivity index (χ0n) is 12.2. The molecule has 0 spiro atoms. The molecule has 2 rings (SSSR count). The molecule has 0 aliphatic rings. The van der Waals surface area contributed by atoms with Crippen molar-refractivity contribution in [2.24, 2.45) is 0 Å². The molecule has 0 bridgehead atoms. The number of carbonyl (C=O) groups excluding carboxylic acids is 2. The van der Waals surface area contributed by atoms with Crippen molar-refractivity contribution in [1.29, 1.82) is 0 Å². The lowest BCUT2D eigenvalue weighted by Gasteiger charge is -2.19. The Kier molecular flexibility index (Phi) is 4.11. The van der Waals surface area contributed by atoms with E-state index in [1.54, 1.807) is 20.8 Å². The van der Waals surface area contributed by atoms with E-state index in [2.05, 4.69) is 20.6 Å². The van der Waals surface area contributed by atoms with Crippen molar-refractivity contribution in [2.75, 3.05) is 11.9 Å². The predicted octanol–water partition coefficient (Wildman–Crippen LogP) is 2.03. The summed E-state index contributed by atoms with van der Waals surface area (Å²) in [6.45, 7) is 5.06. The van der Waals surface area contributed by atoms with Crippen LogP contribution in [0.15, 0.2) is 24.3 Å². The molecule has 0 saturated carbocycles. The molecule has 7 heteroatoms. The number of para-hydroxylation sites is 2. The Morgan fingerprint density at radius 1 is 1.29 bits per heavy atom. The number of aromatic nitrogens is 2. The van der Waals surface area contributed by atoms with Crippen LogP contribution < -0.4 is 10.6 Å². The molecule has 1 aromatic carbocycles. The summed E-state index contributed by atoms with van der Waals surface area (Å²) < 4.78 is 5.03. The highest BCUT2D eigenvalue weighted by Gasteiger charge is 2.16. The minimum absolute atomic E-state index is 0.189. The lowest BCUT2D eigenvalue weighted by atomic mass is 10.2. The van der Waals surface area contributed by atoms with Gasteiger partial charge in [0.2, 0.25) is 11.9 Å². The minimum Gasteiger partial charge on any atom is -0.444 e. The third-order valence-electron chi connectivity index (χ3n) is 2.44. The van der Waals surface area contributed by atoms with Gasteiger partial charge in [-0.3, -0.25) is 10.1 Å². The molecule has 0 atom stereocenters. The Balaban J connectivity index is 1.86. The number of hydrogen-bond acceptors (Lipinski definition) is 4. The van der Waals surface area contributed by atoms with E-state index in [0.29, 0.717) is 5.95 Å². The Labute approximate surface area is 122 Å². The zero-order valence-corrected chi connectivity index (χ0v) is 12.2. The summed E-state index contributed by atoms with van der Waals surface area (Å²) in [5, 5.41) is 4.95. The van der Waals surface area contributed by atoms with Crippen molar-refractivity contribution >= 4 is 29.0 Å². The highest BCUT2D eigenvalue weighted by Crippen LogP contribution is 2.13. The summed E-state index contributed by atoms with van der Waals surface area (Å²) in [6, 6.07) is 7.42. The highest BCUT2D eigenvalue weighted by molar-refractivity contribution is 5.93. The number of hydrogen-bond donors (Lipinski definition) is 3. The summed E-state index contributed by atoms with van der Waals surface area (Å²) in [4.78, 5) is 30.3. The van der Waals surface area contributed by atoms with Crippen molar-refractivity contribution in [2.45, 2.75) is 26.4 Å². The van der Waals surface area contributed by atoms with Crippen LogP contribution in [0.5, 0.6) is 0 Å². The maximum atomic E-state index is 11.7. The molecule has 0 unspecified atom stereocenters. The normalized spacial score (nSPS) is 11.2. The number of benzene rings is 1. The second-order valence-corrected chi connectivity index (χ2v) is 5.51. The second kappa shape index (κ2) is 5.82. The highest BCUT2D eigenvalue weighted by atomic mass is 16.6. The van der Waals surface area contributed by atoms with Crippen molar-refractivity contribution < 1.29 is 14.3 Å². The van der Waals surface area contributed by atoms with Gasteiger partial charge >= 0.3 is 6.09 Å². The van der Waals surface area contributed by atoms with Gasteiger partial charge < -0.3 is 15.0 Å². The van der Waals surface area contributed by atoms with Crippen molar-refractivity contribution in [3.8, 4) is 0 Å². The van der Waals surface area contributed by atoms with Crippen LogP contribution in [-0.4, -0.2) is 34.1 Å². The molecule has 2 aromatic rings. The van der Waals surface area contributed by atoms with E-state index in [1.807, 2.05) is 24.3 Å². The Morgan fingerprint density at radius 2 is 2.00 bits per heavy atom. The Morgan fingerprint density at radius 3 is 2.67 bits per heavy atom. The predicted molar refractivity (Wildman–Crippen MR) is 79.0 cm³/mol. The second-order valence-electron chi connectivity index (χ2n) is 5.51. The molecular weight excluding hydrogens is 272 g/mol. The molecular formula is C14H18N4O3. The summed E-state index contributed by atoms with van der Waals surface area (Å²) in [7, 11) is 0. The molecule has 1 heterocycles. The number of alkyl carbamates (subject to hydrolysis) is 1. The van der Waals surface area contributed by atoms with Gasteiger partial charge in [-0.05, 0) is 32.9 Å². The Bertz CT molecular complexity index is 625. The van der Waals surface area contributed by atoms with E-state index in [9.17, 15) is 9.59 Å². The minimum atomic E-state index is -0.637. The average Bonchev–Trinajstić information content (AvgIpc) is 2.76. The van der Waals surface area contributed by atoms with E-state index >= 15 is 0 Å². The van der Waals surface area contributed by atoms with E-state index in [1.165, 1.54) is 0 Å². The van der Waals surface area contributed by atoms with Crippen LogP contribution in [0.25, 0.3) is 11.0 Å². The first-order valence-corrected chi connectivity index (χ1v) is 6.55. The first-order chi connectivity index (χ1) is 9.83. The molecule has 1 aromatic heterocycles. The van der Waals surface area contributed by atoms with Gasteiger partial charge in [-0.1, -0.05) is 12.1 Å². The molecule has 2 amide bonds. The van der Waals surface area contributed by atoms with Gasteiger partial charge in [0, 0.05) is 0 Å². The molecule has 0 radical (unpaired) electrons. The summed E-state index contributed by atoms with van der Waals surface area (Å²) in [5.41, 5.74) is 0.986. The van der Waals surface area contributed by atoms with Crippen molar-refractivity contribution in [3.05, 3.63) is 24.3 Å². The maximum Gasteiger partial charge on any atom is 0.408 e. The largest absolute Gasteiger partial charge is 0.444 e. The van der Waals surface area contributed by atoms with Crippen LogP contribution in [-0.2, 0) is 9.53 Å². The fraction of sp³-hybridized carbons (Fsp3) is 0.357. The van der Waals surface area contributed by atoms with Crippen LogP contribution in [0.2, 0.25) is 0 Å². The quantitative estimate of drug-likeness (QED) is 0.805. The van der Waals surface area contributed by atoms with E-state index < -0.39 is 11.7 Å². The van der Waals surface area contributed by atoms with Gasteiger partial charge in [-0.25, -0.2) is 9.78 Å². The molecule has 7 nitrogen and oxygen atoms in total. The lowest BCUT2D eigenvalue weighted by Crippen LogP contribution is -2.37. The van der Waals surface area contributed by atoms with Crippen molar-refractivity contribution in [3.63, 3.8) is 0 Å². The molecule has 0 aliphatic carbocycles. The number of ether oxygens (including phenoxy) is 1. The number of imidazole rings is 1. The number of fused-ring (bicyclic) bond motifs is 1. The van der Waals surface area contributed by atoms with Gasteiger partial charge in [-0.2, -0.15) is 0 Å². The molecule has 3 N–H and O–H groups in total. The molecule has 0 aliphatic heterocycles. The van der Waals surface area contributed by atoms with E-state index in [4.69, 9.17) is 4.74 Å². The van der Waals surface area contributed by atoms with Gasteiger partial charge in [0.25, 0.3) is 0 Å². The first-order valence-electron chi connectivity index (χ1n) is 6.55. The number of H-pyrrole nitrogens is 1. The average molecular weight is 290 g/mol. The molecule has 0 fully saturated rings. The van der Waals surface area contributed by atoms with Gasteiger partial charge in [-0.15, -0.1) is 0 Å². The molecule has 21 heavy (non-hydrogen) atoms. The van der Waals surface area contributed by atoms with Crippen LogP contribution in [0.3, 0.4) is 0 Å². The fourth-order valence-corrected chi connectivity index (χ4v) is 1.65. The van der Waals surface area contributed by atoms with E-state index in [0.717, 1.165) is 11.0 Å².